The molecule has 0 saturated heterocycles. The lowest BCUT2D eigenvalue weighted by Crippen LogP contribution is -2.38. The highest BCUT2D eigenvalue weighted by Gasteiger charge is 2.22. The lowest BCUT2D eigenvalue weighted by Gasteiger charge is -2.29. The molecule has 2 heterocycles. The van der Waals surface area contributed by atoms with E-state index in [0.717, 1.165) is 13.1 Å². The van der Waals surface area contributed by atoms with Gasteiger partial charge in [-0.3, -0.25) is 9.69 Å². The number of nitrogens with zero attached hydrogens (tertiary/aromatic N) is 2. The van der Waals surface area contributed by atoms with Gasteiger partial charge in [0.25, 0.3) is 5.91 Å². The second-order valence-electron chi connectivity index (χ2n) is 5.20. The molecular formula is C16H23N3O2S. The quantitative estimate of drug-likeness (QED) is 0.851. The van der Waals surface area contributed by atoms with E-state index >= 15 is 0 Å². The largest absolute Gasteiger partial charge is 0.361 e. The number of amides is 1. The molecule has 0 fully saturated rings. The second-order valence-corrected chi connectivity index (χ2v) is 5.98. The summed E-state index contributed by atoms with van der Waals surface area (Å²) in [5.74, 6) is 0.438. The summed E-state index contributed by atoms with van der Waals surface area (Å²) in [4.78, 5) is 14.7. The van der Waals surface area contributed by atoms with Crippen molar-refractivity contribution in [2.75, 3.05) is 19.6 Å². The van der Waals surface area contributed by atoms with Crippen LogP contribution in [0.3, 0.4) is 0 Å². The average Bonchev–Trinajstić information content (AvgIpc) is 3.13. The van der Waals surface area contributed by atoms with Gasteiger partial charge in [-0.2, -0.15) is 11.3 Å². The average molecular weight is 321 g/mol. The molecule has 22 heavy (non-hydrogen) atoms. The Hall–Kier alpha value is -1.66. The first kappa shape index (κ1) is 16.7. The van der Waals surface area contributed by atoms with Crippen molar-refractivity contribution in [3.05, 3.63) is 39.4 Å². The SMILES string of the molecule is CCN(CC)[C@@H](CNC(=O)c1c(C)noc1C)c1ccsc1. The van der Waals surface area contributed by atoms with E-state index in [-0.39, 0.29) is 11.9 Å². The maximum Gasteiger partial charge on any atom is 0.256 e. The van der Waals surface area contributed by atoms with Crippen LogP contribution in [0.1, 0.15) is 47.3 Å². The van der Waals surface area contributed by atoms with Crippen molar-refractivity contribution in [1.82, 2.24) is 15.4 Å². The molecule has 1 atom stereocenters. The molecule has 0 radical (unpaired) electrons. The van der Waals surface area contributed by atoms with Crippen molar-refractivity contribution in [3.63, 3.8) is 0 Å². The number of hydrogen-bond donors (Lipinski definition) is 1. The number of aromatic nitrogens is 1. The fraction of sp³-hybridized carbons (Fsp3) is 0.500. The zero-order valence-electron chi connectivity index (χ0n) is 13.5. The molecule has 0 spiro atoms. The molecule has 0 aliphatic rings. The first-order chi connectivity index (χ1) is 10.6. The van der Waals surface area contributed by atoms with Gasteiger partial charge in [0.2, 0.25) is 0 Å². The van der Waals surface area contributed by atoms with Crippen LogP contribution in [-0.4, -0.2) is 35.6 Å². The molecular weight excluding hydrogens is 298 g/mol. The van der Waals surface area contributed by atoms with Crippen LogP contribution in [0.5, 0.6) is 0 Å². The molecule has 0 aliphatic heterocycles. The third-order valence-electron chi connectivity index (χ3n) is 3.90. The van der Waals surface area contributed by atoms with Crippen molar-refractivity contribution in [2.45, 2.75) is 33.7 Å². The van der Waals surface area contributed by atoms with Crippen LogP contribution in [-0.2, 0) is 0 Å². The highest BCUT2D eigenvalue weighted by Crippen LogP contribution is 2.22. The number of carbonyl (C=O) groups is 1. The predicted octanol–water partition coefficient (Wildman–Crippen LogP) is 3.17. The number of likely N-dealkylation sites (N-methyl/N-ethyl adjacent to an activating group) is 1. The van der Waals surface area contributed by atoms with E-state index in [2.05, 4.69) is 46.0 Å². The normalized spacial score (nSPS) is 12.6. The van der Waals surface area contributed by atoms with Crippen LogP contribution in [0.4, 0.5) is 0 Å². The smallest absolute Gasteiger partial charge is 0.256 e. The van der Waals surface area contributed by atoms with Gasteiger partial charge in [-0.1, -0.05) is 19.0 Å². The maximum atomic E-state index is 12.4. The van der Waals surface area contributed by atoms with Gasteiger partial charge in [-0.25, -0.2) is 0 Å². The summed E-state index contributed by atoms with van der Waals surface area (Å²) < 4.78 is 5.07. The number of thiophene rings is 1. The van der Waals surface area contributed by atoms with Crippen LogP contribution in [0.25, 0.3) is 0 Å². The standard InChI is InChI=1S/C16H23N3O2S/c1-5-19(6-2)14(13-7-8-22-10-13)9-17-16(20)15-11(3)18-21-12(15)4/h7-8,10,14H,5-6,9H2,1-4H3,(H,17,20)/t14-/m0/s1. The Labute approximate surface area is 135 Å². The van der Waals surface area contributed by atoms with Crippen molar-refractivity contribution >= 4 is 17.2 Å². The lowest BCUT2D eigenvalue weighted by atomic mass is 10.1. The Morgan fingerprint density at radius 2 is 2.14 bits per heavy atom. The van der Waals surface area contributed by atoms with Gasteiger partial charge >= 0.3 is 0 Å². The topological polar surface area (TPSA) is 58.4 Å². The fourth-order valence-corrected chi connectivity index (χ4v) is 3.38. The Morgan fingerprint density at radius 1 is 1.41 bits per heavy atom. The molecule has 0 saturated carbocycles. The maximum absolute atomic E-state index is 12.4. The predicted molar refractivity (Wildman–Crippen MR) is 88.3 cm³/mol. The summed E-state index contributed by atoms with van der Waals surface area (Å²) >= 11 is 1.68. The molecule has 1 N–H and O–H groups in total. The lowest BCUT2D eigenvalue weighted by molar-refractivity contribution is 0.0933. The van der Waals surface area contributed by atoms with Crippen LogP contribution in [0.2, 0.25) is 0 Å². The van der Waals surface area contributed by atoms with Crippen LogP contribution >= 0.6 is 11.3 Å². The molecule has 0 bridgehead atoms. The molecule has 5 nitrogen and oxygen atoms in total. The van der Waals surface area contributed by atoms with E-state index in [1.54, 1.807) is 25.2 Å². The molecule has 6 heteroatoms. The number of aryl methyl sites for hydroxylation is 2. The molecule has 2 rings (SSSR count). The summed E-state index contributed by atoms with van der Waals surface area (Å²) in [7, 11) is 0. The van der Waals surface area contributed by atoms with Crippen molar-refractivity contribution in [3.8, 4) is 0 Å². The number of rotatable bonds is 7. The fourth-order valence-electron chi connectivity index (χ4n) is 2.67. The van der Waals surface area contributed by atoms with E-state index in [0.29, 0.717) is 23.6 Å². The summed E-state index contributed by atoms with van der Waals surface area (Å²) in [6.45, 7) is 10.3. The van der Waals surface area contributed by atoms with Crippen LogP contribution < -0.4 is 5.32 Å². The zero-order chi connectivity index (χ0) is 16.1. The molecule has 0 aromatic carbocycles. The Kier molecular flexibility index (Phi) is 5.74. The van der Waals surface area contributed by atoms with Gasteiger partial charge in [0.15, 0.2) is 0 Å². The third-order valence-corrected chi connectivity index (χ3v) is 4.60. The summed E-state index contributed by atoms with van der Waals surface area (Å²) in [6, 6.07) is 2.31. The van der Waals surface area contributed by atoms with E-state index in [1.165, 1.54) is 5.56 Å². The monoisotopic (exact) mass is 321 g/mol. The molecule has 120 valence electrons. The molecule has 0 aliphatic carbocycles. The van der Waals surface area contributed by atoms with Gasteiger partial charge in [-0.15, -0.1) is 0 Å². The highest BCUT2D eigenvalue weighted by atomic mass is 32.1. The highest BCUT2D eigenvalue weighted by molar-refractivity contribution is 7.07. The van der Waals surface area contributed by atoms with Crippen LogP contribution in [0, 0.1) is 13.8 Å². The molecule has 2 aromatic rings. The Balaban J connectivity index is 2.10. The second kappa shape index (κ2) is 7.56. The van der Waals surface area contributed by atoms with Gasteiger partial charge in [0, 0.05) is 6.54 Å². The first-order valence-corrected chi connectivity index (χ1v) is 8.49. The summed E-state index contributed by atoms with van der Waals surface area (Å²) in [5, 5.41) is 11.1. The van der Waals surface area contributed by atoms with Crippen molar-refractivity contribution in [2.24, 2.45) is 0 Å². The minimum atomic E-state index is -0.122. The van der Waals surface area contributed by atoms with E-state index in [4.69, 9.17) is 4.52 Å². The van der Waals surface area contributed by atoms with Gasteiger partial charge < -0.3 is 9.84 Å². The first-order valence-electron chi connectivity index (χ1n) is 7.55. The van der Waals surface area contributed by atoms with Crippen LogP contribution in [0.15, 0.2) is 21.3 Å². The van der Waals surface area contributed by atoms with Crippen molar-refractivity contribution < 1.29 is 9.32 Å². The number of carbonyl (C=O) groups excluding carboxylic acids is 1. The van der Waals surface area contributed by atoms with Gasteiger partial charge in [-0.05, 0) is 49.3 Å². The number of hydrogen-bond acceptors (Lipinski definition) is 5. The summed E-state index contributed by atoms with van der Waals surface area (Å²) in [5.41, 5.74) is 2.42. The Morgan fingerprint density at radius 3 is 2.64 bits per heavy atom. The minimum Gasteiger partial charge on any atom is -0.361 e. The zero-order valence-corrected chi connectivity index (χ0v) is 14.4. The number of nitrogens with one attached hydrogen (secondary N) is 1. The molecule has 2 aromatic heterocycles. The Bertz CT molecular complexity index is 583. The van der Waals surface area contributed by atoms with E-state index < -0.39 is 0 Å². The van der Waals surface area contributed by atoms with Gasteiger partial charge in [0.05, 0.1) is 11.7 Å². The van der Waals surface area contributed by atoms with Crippen molar-refractivity contribution in [1.29, 1.82) is 0 Å². The van der Waals surface area contributed by atoms with E-state index in [1.807, 2.05) is 0 Å². The summed E-state index contributed by atoms with van der Waals surface area (Å²) in [6.07, 6.45) is 0. The molecule has 0 unspecified atom stereocenters. The molecule has 1 amide bonds. The minimum absolute atomic E-state index is 0.122. The van der Waals surface area contributed by atoms with E-state index in [9.17, 15) is 4.79 Å². The van der Waals surface area contributed by atoms with Gasteiger partial charge in [0.1, 0.15) is 11.3 Å². The third kappa shape index (κ3) is 3.56.